The van der Waals surface area contributed by atoms with E-state index in [1.807, 2.05) is 0 Å². The van der Waals surface area contributed by atoms with Gasteiger partial charge in [0.1, 0.15) is 24.2 Å². The Hall–Kier alpha value is -3.35. The summed E-state index contributed by atoms with van der Waals surface area (Å²) in [6, 6.07) is 4.30. The van der Waals surface area contributed by atoms with E-state index in [0.717, 1.165) is 6.42 Å². The number of carbonyl (C=O) groups excluding carboxylic acids is 1. The zero-order valence-corrected chi connectivity index (χ0v) is 16.4. The van der Waals surface area contributed by atoms with Gasteiger partial charge in [0.15, 0.2) is 5.82 Å². The Morgan fingerprint density at radius 1 is 1.19 bits per heavy atom. The molecule has 2 aromatic heterocycles. The standard InChI is InChI=1S/C17H17FN4O3.C2HF3O2/c18-11-2-1-6-20-16(11)25-14-4-3-13-15(14)24-9-8-22(13)17(23)12-5-7-19-10-21-12;3-2(4,5)1(6)7/h1-2,5-7,10,13-15H,3-4,8-9H2;(H,6,7)/t13-,14-,15+;/m0./s1. The van der Waals surface area contributed by atoms with Crippen LogP contribution in [0.1, 0.15) is 23.3 Å². The van der Waals surface area contributed by atoms with E-state index in [0.29, 0.717) is 25.3 Å². The van der Waals surface area contributed by atoms with Crippen molar-refractivity contribution in [2.45, 2.75) is 37.3 Å². The third-order valence-electron chi connectivity index (χ3n) is 4.83. The fraction of sp³-hybridized carbons (Fsp3) is 0.421. The quantitative estimate of drug-likeness (QED) is 0.696. The molecule has 0 aromatic carbocycles. The largest absolute Gasteiger partial charge is 0.490 e. The van der Waals surface area contributed by atoms with Crippen LogP contribution < -0.4 is 4.74 Å². The minimum absolute atomic E-state index is 0.0315. The van der Waals surface area contributed by atoms with Crippen molar-refractivity contribution in [2.24, 2.45) is 0 Å². The smallest absolute Gasteiger partial charge is 0.475 e. The highest BCUT2D eigenvalue weighted by Gasteiger charge is 2.46. The van der Waals surface area contributed by atoms with Gasteiger partial charge in [0.2, 0.25) is 0 Å². The first-order valence-electron chi connectivity index (χ1n) is 9.44. The summed E-state index contributed by atoms with van der Waals surface area (Å²) < 4.78 is 57.1. The average Bonchev–Trinajstić information content (AvgIpc) is 3.18. The molecule has 0 spiro atoms. The highest BCUT2D eigenvalue weighted by molar-refractivity contribution is 5.92. The van der Waals surface area contributed by atoms with E-state index >= 15 is 0 Å². The third-order valence-corrected chi connectivity index (χ3v) is 4.83. The summed E-state index contributed by atoms with van der Waals surface area (Å²) in [5, 5.41) is 7.12. The number of alkyl halides is 3. The van der Waals surface area contributed by atoms with Crippen LogP contribution in [0.2, 0.25) is 0 Å². The zero-order valence-electron chi connectivity index (χ0n) is 16.4. The van der Waals surface area contributed by atoms with Gasteiger partial charge in [-0.25, -0.2) is 24.1 Å². The number of amides is 1. The molecule has 4 rings (SSSR count). The summed E-state index contributed by atoms with van der Waals surface area (Å²) in [6.07, 6.45) is 0.0474. The topological polar surface area (TPSA) is 115 Å². The molecule has 1 saturated carbocycles. The van der Waals surface area contributed by atoms with Crippen LogP contribution in [0.4, 0.5) is 17.6 Å². The maximum Gasteiger partial charge on any atom is 0.490 e. The number of halogens is 4. The van der Waals surface area contributed by atoms with E-state index in [4.69, 9.17) is 19.4 Å². The number of rotatable bonds is 3. The van der Waals surface area contributed by atoms with Gasteiger partial charge in [0.05, 0.1) is 12.6 Å². The molecule has 1 aliphatic carbocycles. The second kappa shape index (κ2) is 9.85. The Labute approximate surface area is 179 Å². The van der Waals surface area contributed by atoms with Crippen LogP contribution >= 0.6 is 0 Å². The SMILES string of the molecule is O=C(O)C(F)(F)F.O=C(c1ccncn1)N1CCO[C@H]2[C@@H](Oc3ncccc3F)CC[C@@H]21. The number of pyridine rings is 1. The van der Waals surface area contributed by atoms with Gasteiger partial charge in [0.25, 0.3) is 11.8 Å². The van der Waals surface area contributed by atoms with E-state index in [1.165, 1.54) is 24.7 Å². The molecular formula is C19H18F4N4O5. The molecule has 2 aromatic rings. The van der Waals surface area contributed by atoms with Crippen LogP contribution in [-0.4, -0.2) is 74.4 Å². The Balaban J connectivity index is 0.000000360. The van der Waals surface area contributed by atoms with Gasteiger partial charge in [-0.15, -0.1) is 0 Å². The highest BCUT2D eigenvalue weighted by atomic mass is 19.4. The van der Waals surface area contributed by atoms with Gasteiger partial charge < -0.3 is 19.5 Å². The maximum atomic E-state index is 13.8. The molecule has 1 aliphatic heterocycles. The lowest BCUT2D eigenvalue weighted by Gasteiger charge is -2.38. The third kappa shape index (κ3) is 5.46. The molecule has 13 heteroatoms. The average molecular weight is 458 g/mol. The molecular weight excluding hydrogens is 440 g/mol. The molecule has 3 heterocycles. The van der Waals surface area contributed by atoms with Crippen LogP contribution in [-0.2, 0) is 9.53 Å². The van der Waals surface area contributed by atoms with Gasteiger partial charge in [-0.05, 0) is 31.0 Å². The van der Waals surface area contributed by atoms with Crippen LogP contribution in [0.3, 0.4) is 0 Å². The number of carboxylic acid groups (broad SMARTS) is 1. The molecule has 172 valence electrons. The van der Waals surface area contributed by atoms with E-state index in [-0.39, 0.29) is 30.0 Å². The predicted molar refractivity (Wildman–Crippen MR) is 98.1 cm³/mol. The zero-order chi connectivity index (χ0) is 23.3. The van der Waals surface area contributed by atoms with E-state index in [9.17, 15) is 22.4 Å². The molecule has 32 heavy (non-hydrogen) atoms. The Morgan fingerprint density at radius 3 is 2.56 bits per heavy atom. The second-order valence-corrected chi connectivity index (χ2v) is 6.82. The molecule has 9 nitrogen and oxygen atoms in total. The minimum atomic E-state index is -5.08. The Kier molecular flexibility index (Phi) is 7.18. The monoisotopic (exact) mass is 458 g/mol. The number of ether oxygens (including phenoxy) is 2. The number of hydrogen-bond acceptors (Lipinski definition) is 7. The van der Waals surface area contributed by atoms with Gasteiger partial charge in [-0.3, -0.25) is 4.79 Å². The number of aliphatic carboxylic acids is 1. The lowest BCUT2D eigenvalue weighted by Crippen LogP contribution is -2.54. The summed E-state index contributed by atoms with van der Waals surface area (Å²) >= 11 is 0. The van der Waals surface area contributed by atoms with Gasteiger partial charge in [-0.2, -0.15) is 13.2 Å². The number of carboxylic acids is 1. The Bertz CT molecular complexity index is 947. The molecule has 2 aliphatic rings. The second-order valence-electron chi connectivity index (χ2n) is 6.82. The van der Waals surface area contributed by atoms with Crippen LogP contribution in [0.15, 0.2) is 36.9 Å². The lowest BCUT2D eigenvalue weighted by molar-refractivity contribution is -0.192. The predicted octanol–water partition coefficient (Wildman–Crippen LogP) is 2.09. The van der Waals surface area contributed by atoms with Gasteiger partial charge in [-0.1, -0.05) is 0 Å². The van der Waals surface area contributed by atoms with Crippen molar-refractivity contribution in [3.05, 3.63) is 48.4 Å². The molecule has 1 amide bonds. The molecule has 0 bridgehead atoms. The van der Waals surface area contributed by atoms with Crippen LogP contribution in [0.5, 0.6) is 5.88 Å². The summed E-state index contributed by atoms with van der Waals surface area (Å²) in [4.78, 5) is 35.2. The number of fused-ring (bicyclic) bond motifs is 1. The fourth-order valence-electron chi connectivity index (χ4n) is 3.46. The van der Waals surface area contributed by atoms with Gasteiger partial charge >= 0.3 is 12.1 Å². The van der Waals surface area contributed by atoms with Crippen LogP contribution in [0.25, 0.3) is 0 Å². The summed E-state index contributed by atoms with van der Waals surface area (Å²) in [7, 11) is 0. The molecule has 1 saturated heterocycles. The molecule has 2 fully saturated rings. The number of carbonyl (C=O) groups is 2. The van der Waals surface area contributed by atoms with E-state index < -0.39 is 18.0 Å². The number of nitrogens with zero attached hydrogens (tertiary/aromatic N) is 4. The molecule has 1 N–H and O–H groups in total. The summed E-state index contributed by atoms with van der Waals surface area (Å²) in [5.74, 6) is -3.44. The lowest BCUT2D eigenvalue weighted by atomic mass is 10.1. The fourth-order valence-corrected chi connectivity index (χ4v) is 3.46. The molecule has 0 radical (unpaired) electrons. The first-order valence-corrected chi connectivity index (χ1v) is 9.44. The van der Waals surface area contributed by atoms with Crippen molar-refractivity contribution < 1.29 is 41.7 Å². The van der Waals surface area contributed by atoms with Crippen molar-refractivity contribution in [1.82, 2.24) is 19.9 Å². The van der Waals surface area contributed by atoms with Crippen molar-refractivity contribution in [3.8, 4) is 5.88 Å². The van der Waals surface area contributed by atoms with Crippen molar-refractivity contribution in [2.75, 3.05) is 13.2 Å². The normalized spacial score (nSPS) is 22.4. The van der Waals surface area contributed by atoms with Gasteiger partial charge in [0, 0.05) is 18.9 Å². The first kappa shape index (κ1) is 23.3. The molecule has 3 atom stereocenters. The highest BCUT2D eigenvalue weighted by Crippen LogP contribution is 2.33. The first-order chi connectivity index (χ1) is 15.2. The van der Waals surface area contributed by atoms with E-state index in [2.05, 4.69) is 15.0 Å². The van der Waals surface area contributed by atoms with Crippen molar-refractivity contribution in [3.63, 3.8) is 0 Å². The van der Waals surface area contributed by atoms with Crippen molar-refractivity contribution >= 4 is 11.9 Å². The summed E-state index contributed by atoms with van der Waals surface area (Å²) in [5.41, 5.74) is 0.357. The maximum absolute atomic E-state index is 13.8. The molecule has 0 unspecified atom stereocenters. The van der Waals surface area contributed by atoms with Crippen molar-refractivity contribution in [1.29, 1.82) is 0 Å². The number of aromatic nitrogens is 3. The van der Waals surface area contributed by atoms with E-state index in [1.54, 1.807) is 17.2 Å². The number of morpholine rings is 1. The minimum Gasteiger partial charge on any atom is -0.475 e. The summed E-state index contributed by atoms with van der Waals surface area (Å²) in [6.45, 7) is 0.900. The number of hydrogen-bond donors (Lipinski definition) is 1. The van der Waals surface area contributed by atoms with Crippen LogP contribution in [0, 0.1) is 5.82 Å². The Morgan fingerprint density at radius 2 is 1.94 bits per heavy atom.